The fourth-order valence-electron chi connectivity index (χ4n) is 1.65. The number of carbonyl (C=O) groups is 2. The summed E-state index contributed by atoms with van der Waals surface area (Å²) in [6, 6.07) is 1.51. The van der Waals surface area contributed by atoms with Gasteiger partial charge in [0.25, 0.3) is 5.78 Å². The third-order valence-corrected chi connectivity index (χ3v) is 2.33. The molecule has 16 heavy (non-hydrogen) atoms. The molecule has 0 aromatic carbocycles. The van der Waals surface area contributed by atoms with Gasteiger partial charge in [-0.15, -0.1) is 0 Å². The van der Waals surface area contributed by atoms with Crippen LogP contribution in [0.2, 0.25) is 0 Å². The molecule has 0 spiro atoms. The van der Waals surface area contributed by atoms with Gasteiger partial charge in [-0.1, -0.05) is 0 Å². The molecule has 5 heteroatoms. The Morgan fingerprint density at radius 1 is 1.06 bits per heavy atom. The second kappa shape index (κ2) is 3.52. The van der Waals surface area contributed by atoms with Crippen molar-refractivity contribution in [2.75, 3.05) is 14.2 Å². The molecule has 2 rings (SSSR count). The lowest BCUT2D eigenvalue weighted by molar-refractivity contribution is 0.0809. The van der Waals surface area contributed by atoms with Gasteiger partial charge in [0.05, 0.1) is 19.8 Å². The van der Waals surface area contributed by atoms with Gasteiger partial charge in [0, 0.05) is 0 Å². The summed E-state index contributed by atoms with van der Waals surface area (Å²) in [4.78, 5) is 23.8. The van der Waals surface area contributed by atoms with Crippen molar-refractivity contribution in [3.05, 3.63) is 34.7 Å². The Kier molecular flexibility index (Phi) is 2.30. The second-order valence-corrected chi connectivity index (χ2v) is 3.32. The van der Waals surface area contributed by atoms with Crippen LogP contribution < -0.4 is 0 Å². The van der Waals surface area contributed by atoms with Crippen molar-refractivity contribution in [1.82, 2.24) is 0 Å². The number of Topliss-reactive ketones (excluding diaryl/α,β-unsaturated/α-hetero) is 2. The van der Waals surface area contributed by atoms with Crippen LogP contribution in [0.5, 0.6) is 0 Å². The zero-order valence-electron chi connectivity index (χ0n) is 9.12. The zero-order chi connectivity index (χ0) is 11.9. The van der Waals surface area contributed by atoms with Crippen LogP contribution in [0.25, 0.3) is 0 Å². The van der Waals surface area contributed by atoms with Gasteiger partial charge in [0.15, 0.2) is 5.76 Å². The number of ether oxygens (including phenoxy) is 2. The average molecular weight is 222 g/mol. The Bertz CT molecular complexity index is 463. The van der Waals surface area contributed by atoms with Crippen molar-refractivity contribution >= 4 is 11.6 Å². The maximum absolute atomic E-state index is 11.9. The minimum absolute atomic E-state index is 0.0140. The van der Waals surface area contributed by atoms with E-state index in [0.29, 0.717) is 5.76 Å². The number of hydrogen-bond donors (Lipinski definition) is 0. The van der Waals surface area contributed by atoms with Gasteiger partial charge in [-0.2, -0.15) is 0 Å². The summed E-state index contributed by atoms with van der Waals surface area (Å²) in [6.45, 7) is 1.66. The molecule has 1 aromatic rings. The number of methoxy groups -OCH3 is 2. The van der Waals surface area contributed by atoms with Crippen molar-refractivity contribution in [3.63, 3.8) is 0 Å². The molecule has 1 aromatic heterocycles. The number of fused-ring (bicyclic) bond motifs is 1. The first-order valence-electron chi connectivity index (χ1n) is 4.62. The van der Waals surface area contributed by atoms with Gasteiger partial charge in [-0.3, -0.25) is 9.59 Å². The van der Waals surface area contributed by atoms with E-state index in [1.807, 2.05) is 0 Å². The number of allylic oxidation sites excluding steroid dienone is 2. The Morgan fingerprint density at radius 2 is 1.62 bits per heavy atom. The first kappa shape index (κ1) is 10.5. The summed E-state index contributed by atoms with van der Waals surface area (Å²) in [7, 11) is 2.62. The molecule has 0 aliphatic heterocycles. The van der Waals surface area contributed by atoms with Crippen molar-refractivity contribution in [3.8, 4) is 0 Å². The molecule has 84 valence electrons. The predicted molar refractivity (Wildman–Crippen MR) is 53.2 cm³/mol. The second-order valence-electron chi connectivity index (χ2n) is 3.32. The third-order valence-electron chi connectivity index (χ3n) is 2.33. The molecule has 0 N–H and O–H groups in total. The molecular weight excluding hydrogens is 212 g/mol. The van der Waals surface area contributed by atoms with Gasteiger partial charge in [-0.05, 0) is 13.0 Å². The van der Waals surface area contributed by atoms with E-state index in [0.717, 1.165) is 0 Å². The first-order valence-corrected chi connectivity index (χ1v) is 4.62. The summed E-state index contributed by atoms with van der Waals surface area (Å²) >= 11 is 0. The molecule has 0 saturated carbocycles. The quantitative estimate of drug-likeness (QED) is 0.758. The first-order chi connectivity index (χ1) is 7.60. The molecule has 0 radical (unpaired) electrons. The van der Waals surface area contributed by atoms with Crippen LogP contribution in [0.3, 0.4) is 0 Å². The summed E-state index contributed by atoms with van der Waals surface area (Å²) in [5.41, 5.74) is 0.222. The summed E-state index contributed by atoms with van der Waals surface area (Å²) in [5, 5.41) is 0. The standard InChI is InChI=1S/C11H10O5/c1-5-4-6-7(12)10(14-2)11(15-3)8(13)9(6)16-5/h4H,1-3H3. The molecule has 1 aliphatic rings. The number of rotatable bonds is 2. The number of carbonyl (C=O) groups excluding carboxylic acids is 2. The maximum Gasteiger partial charge on any atom is 0.267 e. The lowest BCUT2D eigenvalue weighted by Gasteiger charge is -2.14. The molecule has 0 atom stereocenters. The number of ketones is 2. The van der Waals surface area contributed by atoms with Crippen LogP contribution in [0.15, 0.2) is 22.0 Å². The third kappa shape index (κ3) is 1.25. The van der Waals surface area contributed by atoms with E-state index in [4.69, 9.17) is 13.9 Å². The smallest absolute Gasteiger partial charge is 0.267 e. The average Bonchev–Trinajstić information content (AvgIpc) is 2.65. The number of furan rings is 1. The zero-order valence-corrected chi connectivity index (χ0v) is 9.12. The van der Waals surface area contributed by atoms with Crippen LogP contribution in [0.4, 0.5) is 0 Å². The maximum atomic E-state index is 11.9. The molecule has 1 heterocycles. The highest BCUT2D eigenvalue weighted by Gasteiger charge is 2.37. The van der Waals surface area contributed by atoms with E-state index in [2.05, 4.69) is 0 Å². The van der Waals surface area contributed by atoms with Crippen LogP contribution in [0.1, 0.15) is 26.7 Å². The lowest BCUT2D eigenvalue weighted by Crippen LogP contribution is -2.22. The molecule has 0 fully saturated rings. The van der Waals surface area contributed by atoms with Crippen molar-refractivity contribution in [2.24, 2.45) is 0 Å². The lowest BCUT2D eigenvalue weighted by atomic mass is 9.99. The molecule has 1 aliphatic carbocycles. The van der Waals surface area contributed by atoms with Crippen LogP contribution in [-0.4, -0.2) is 25.8 Å². The predicted octanol–water partition coefficient (Wildman–Crippen LogP) is 1.47. The van der Waals surface area contributed by atoms with Gasteiger partial charge in [0.2, 0.25) is 17.3 Å². The van der Waals surface area contributed by atoms with E-state index < -0.39 is 11.6 Å². The SMILES string of the molecule is COC1=C(OC)C(=O)c2oc(C)cc2C1=O. The van der Waals surface area contributed by atoms with E-state index in [1.54, 1.807) is 6.92 Å². The fraction of sp³-hybridized carbons (Fsp3) is 0.273. The van der Waals surface area contributed by atoms with Gasteiger partial charge < -0.3 is 13.9 Å². The highest BCUT2D eigenvalue weighted by atomic mass is 16.5. The molecule has 0 unspecified atom stereocenters. The highest BCUT2D eigenvalue weighted by molar-refractivity contribution is 6.24. The summed E-state index contributed by atoms with van der Waals surface area (Å²) < 4.78 is 14.9. The monoisotopic (exact) mass is 222 g/mol. The number of hydrogen-bond acceptors (Lipinski definition) is 5. The molecule has 5 nitrogen and oxygen atoms in total. The minimum atomic E-state index is -0.470. The normalized spacial score (nSPS) is 15.2. The topological polar surface area (TPSA) is 65.7 Å². The Labute approximate surface area is 91.6 Å². The molecule has 0 amide bonds. The van der Waals surface area contributed by atoms with Crippen molar-refractivity contribution in [2.45, 2.75) is 6.92 Å². The Hall–Kier alpha value is -2.04. The van der Waals surface area contributed by atoms with Crippen LogP contribution in [-0.2, 0) is 9.47 Å². The summed E-state index contributed by atoms with van der Waals surface area (Å²) in [6.07, 6.45) is 0. The molecular formula is C11H10O5. The van der Waals surface area contributed by atoms with E-state index in [9.17, 15) is 9.59 Å². The fourth-order valence-corrected chi connectivity index (χ4v) is 1.65. The highest BCUT2D eigenvalue weighted by Crippen LogP contribution is 2.29. The largest absolute Gasteiger partial charge is 0.489 e. The Balaban J connectivity index is 2.65. The van der Waals surface area contributed by atoms with Crippen LogP contribution in [0, 0.1) is 6.92 Å². The Morgan fingerprint density at radius 3 is 2.19 bits per heavy atom. The molecule has 0 saturated heterocycles. The summed E-state index contributed by atoms with van der Waals surface area (Å²) in [5.74, 6) is -0.553. The molecule has 0 bridgehead atoms. The van der Waals surface area contributed by atoms with Crippen LogP contribution >= 0.6 is 0 Å². The van der Waals surface area contributed by atoms with E-state index in [1.165, 1.54) is 20.3 Å². The van der Waals surface area contributed by atoms with E-state index >= 15 is 0 Å². The van der Waals surface area contributed by atoms with Gasteiger partial charge in [0.1, 0.15) is 5.76 Å². The van der Waals surface area contributed by atoms with Crippen molar-refractivity contribution < 1.29 is 23.5 Å². The van der Waals surface area contributed by atoms with Gasteiger partial charge in [-0.25, -0.2) is 0 Å². The van der Waals surface area contributed by atoms with E-state index in [-0.39, 0.29) is 22.8 Å². The van der Waals surface area contributed by atoms with Crippen molar-refractivity contribution in [1.29, 1.82) is 0 Å². The minimum Gasteiger partial charge on any atom is -0.489 e. The van der Waals surface area contributed by atoms with Gasteiger partial charge >= 0.3 is 0 Å². The number of aryl methyl sites for hydroxylation is 1.